The summed E-state index contributed by atoms with van der Waals surface area (Å²) < 4.78 is 6.42. The van der Waals surface area contributed by atoms with E-state index in [4.69, 9.17) is 4.74 Å². The number of hydrogen-bond donors (Lipinski definition) is 2. The van der Waals surface area contributed by atoms with Crippen molar-refractivity contribution in [3.8, 4) is 5.75 Å². The molecule has 0 aliphatic carbocycles. The molecule has 8 heteroatoms. The highest BCUT2D eigenvalue weighted by atomic mass is 16.5. The summed E-state index contributed by atoms with van der Waals surface area (Å²) >= 11 is 0. The van der Waals surface area contributed by atoms with E-state index in [2.05, 4.69) is 5.32 Å². The Morgan fingerprint density at radius 2 is 1.97 bits per heavy atom. The number of benzene rings is 1. The summed E-state index contributed by atoms with van der Waals surface area (Å²) in [6.45, 7) is 8.42. The first-order valence-corrected chi connectivity index (χ1v) is 10.9. The number of rotatable bonds is 6. The Bertz CT molecular complexity index is 768. The van der Waals surface area contributed by atoms with Crippen molar-refractivity contribution >= 4 is 17.6 Å². The van der Waals surface area contributed by atoms with Gasteiger partial charge in [-0.05, 0) is 39.0 Å². The highest BCUT2D eigenvalue weighted by Gasteiger charge is 2.31. The van der Waals surface area contributed by atoms with Crippen LogP contribution in [-0.2, 0) is 11.2 Å². The molecule has 1 heterocycles. The standard InChI is InChI=1S/C23H38N4O4/c1-15(2)24-23(30)26(7)13-21-16(3)12-27(17(4)14-28)22(29)11-18-10-19(25(5)6)8-9-20(18)31-21/h8-10,15-17,21,28H,11-14H2,1-7H3,(H,24,30)/t16-,17+,21+/m1/s1. The van der Waals surface area contributed by atoms with Gasteiger partial charge in [0.25, 0.3) is 0 Å². The molecule has 0 saturated carbocycles. The highest BCUT2D eigenvalue weighted by Crippen LogP contribution is 2.29. The Kier molecular flexibility index (Phi) is 8.56. The molecule has 174 valence electrons. The number of hydrogen-bond acceptors (Lipinski definition) is 5. The number of amides is 3. The number of urea groups is 1. The Morgan fingerprint density at radius 1 is 1.29 bits per heavy atom. The Hall–Kier alpha value is -2.48. The fourth-order valence-electron chi connectivity index (χ4n) is 3.62. The third-order valence-corrected chi connectivity index (χ3v) is 5.63. The fourth-order valence-corrected chi connectivity index (χ4v) is 3.62. The van der Waals surface area contributed by atoms with Crippen molar-refractivity contribution in [2.75, 3.05) is 45.7 Å². The number of carbonyl (C=O) groups excluding carboxylic acids is 2. The topological polar surface area (TPSA) is 85.4 Å². The molecule has 0 aromatic heterocycles. The van der Waals surface area contributed by atoms with Crippen molar-refractivity contribution in [3.63, 3.8) is 0 Å². The van der Waals surface area contributed by atoms with Crippen molar-refractivity contribution in [2.24, 2.45) is 5.92 Å². The van der Waals surface area contributed by atoms with Crippen LogP contribution in [0.2, 0.25) is 0 Å². The molecule has 3 atom stereocenters. The van der Waals surface area contributed by atoms with Gasteiger partial charge in [0.2, 0.25) is 5.91 Å². The molecule has 0 fully saturated rings. The summed E-state index contributed by atoms with van der Waals surface area (Å²) in [5.41, 5.74) is 1.79. The molecule has 0 bridgehead atoms. The molecule has 2 N–H and O–H groups in total. The minimum atomic E-state index is -0.314. The molecule has 8 nitrogen and oxygen atoms in total. The summed E-state index contributed by atoms with van der Waals surface area (Å²) in [5.74, 6) is 0.569. The number of anilines is 1. The molecule has 1 aliphatic heterocycles. The van der Waals surface area contributed by atoms with Gasteiger partial charge in [-0.25, -0.2) is 4.79 Å². The number of nitrogens with one attached hydrogen (secondary N) is 1. The van der Waals surface area contributed by atoms with Crippen LogP contribution in [0.1, 0.15) is 33.3 Å². The zero-order valence-electron chi connectivity index (χ0n) is 19.9. The van der Waals surface area contributed by atoms with Gasteiger partial charge in [-0.2, -0.15) is 0 Å². The minimum absolute atomic E-state index is 0.0394. The lowest BCUT2D eigenvalue weighted by molar-refractivity contribution is -0.134. The smallest absolute Gasteiger partial charge is 0.317 e. The summed E-state index contributed by atoms with van der Waals surface area (Å²) in [6, 6.07) is 5.42. The largest absolute Gasteiger partial charge is 0.488 e. The highest BCUT2D eigenvalue weighted by molar-refractivity contribution is 5.80. The normalized spacial score (nSPS) is 20.2. The average molecular weight is 435 g/mol. The van der Waals surface area contributed by atoms with Crippen LogP contribution in [0.15, 0.2) is 18.2 Å². The Morgan fingerprint density at radius 3 is 2.55 bits per heavy atom. The zero-order chi connectivity index (χ0) is 23.3. The quantitative estimate of drug-likeness (QED) is 0.715. The van der Waals surface area contributed by atoms with Crippen LogP contribution in [-0.4, -0.2) is 85.9 Å². The second-order valence-electron chi connectivity index (χ2n) is 9.06. The van der Waals surface area contributed by atoms with E-state index >= 15 is 0 Å². The lowest BCUT2D eigenvalue weighted by Gasteiger charge is -2.34. The van der Waals surface area contributed by atoms with Gasteiger partial charge in [-0.15, -0.1) is 0 Å². The van der Waals surface area contributed by atoms with Gasteiger partial charge in [0.15, 0.2) is 0 Å². The van der Waals surface area contributed by atoms with Crippen LogP contribution in [0.3, 0.4) is 0 Å². The van der Waals surface area contributed by atoms with Gasteiger partial charge in [0, 0.05) is 50.9 Å². The molecule has 0 spiro atoms. The average Bonchev–Trinajstić information content (AvgIpc) is 2.74. The van der Waals surface area contributed by atoms with Crippen LogP contribution in [0.4, 0.5) is 10.5 Å². The van der Waals surface area contributed by atoms with Gasteiger partial charge in [-0.1, -0.05) is 6.92 Å². The number of aliphatic hydroxyl groups excluding tert-OH is 1. The van der Waals surface area contributed by atoms with Crippen LogP contribution < -0.4 is 15.0 Å². The first kappa shape index (κ1) is 24.8. The first-order chi connectivity index (χ1) is 14.5. The predicted octanol–water partition coefficient (Wildman–Crippen LogP) is 1.95. The van der Waals surface area contributed by atoms with E-state index in [1.807, 2.05) is 64.9 Å². The number of nitrogens with zero attached hydrogens (tertiary/aromatic N) is 3. The number of carbonyl (C=O) groups is 2. The molecule has 2 rings (SSSR count). The third-order valence-electron chi connectivity index (χ3n) is 5.63. The zero-order valence-corrected chi connectivity index (χ0v) is 19.9. The summed E-state index contributed by atoms with van der Waals surface area (Å²) in [5, 5.41) is 12.6. The second-order valence-corrected chi connectivity index (χ2v) is 9.06. The van der Waals surface area contributed by atoms with E-state index in [1.165, 1.54) is 0 Å². The maximum Gasteiger partial charge on any atom is 0.317 e. The van der Waals surface area contributed by atoms with E-state index in [-0.39, 0.29) is 49.1 Å². The fraction of sp³-hybridized carbons (Fsp3) is 0.652. The lowest BCUT2D eigenvalue weighted by Crippen LogP contribution is -2.49. The SMILES string of the molecule is CC(C)NC(=O)N(C)C[C@@H]1Oc2ccc(N(C)C)cc2CC(=O)N([C@@H](C)CO)C[C@H]1C. The third kappa shape index (κ3) is 6.50. The monoisotopic (exact) mass is 434 g/mol. The number of aliphatic hydroxyl groups is 1. The van der Waals surface area contributed by atoms with E-state index < -0.39 is 0 Å². The van der Waals surface area contributed by atoms with E-state index in [0.29, 0.717) is 18.8 Å². The maximum atomic E-state index is 13.1. The molecule has 0 radical (unpaired) electrons. The molecular weight excluding hydrogens is 396 g/mol. The summed E-state index contributed by atoms with van der Waals surface area (Å²) in [4.78, 5) is 30.9. The van der Waals surface area contributed by atoms with E-state index in [9.17, 15) is 14.7 Å². The molecule has 3 amide bonds. The second kappa shape index (κ2) is 10.7. The van der Waals surface area contributed by atoms with E-state index in [1.54, 1.807) is 16.8 Å². The van der Waals surface area contributed by atoms with Crippen LogP contribution in [0, 0.1) is 5.92 Å². The summed E-state index contributed by atoms with van der Waals surface area (Å²) in [6.07, 6.45) is -0.115. The van der Waals surface area contributed by atoms with Crippen molar-refractivity contribution in [2.45, 2.75) is 52.3 Å². The van der Waals surface area contributed by atoms with Gasteiger partial charge >= 0.3 is 6.03 Å². The van der Waals surface area contributed by atoms with Gasteiger partial charge < -0.3 is 29.9 Å². The van der Waals surface area contributed by atoms with Crippen molar-refractivity contribution < 1.29 is 19.4 Å². The van der Waals surface area contributed by atoms with Crippen LogP contribution in [0.25, 0.3) is 0 Å². The molecule has 1 aromatic rings. The van der Waals surface area contributed by atoms with Gasteiger partial charge in [0.05, 0.1) is 25.6 Å². The first-order valence-electron chi connectivity index (χ1n) is 10.9. The number of ether oxygens (including phenoxy) is 1. The van der Waals surface area contributed by atoms with Crippen LogP contribution >= 0.6 is 0 Å². The number of likely N-dealkylation sites (N-methyl/N-ethyl adjacent to an activating group) is 1. The molecule has 0 unspecified atom stereocenters. The van der Waals surface area contributed by atoms with Gasteiger partial charge in [0.1, 0.15) is 11.9 Å². The van der Waals surface area contributed by atoms with Crippen molar-refractivity contribution in [1.29, 1.82) is 0 Å². The molecule has 0 saturated heterocycles. The molecule has 1 aliphatic rings. The maximum absolute atomic E-state index is 13.1. The van der Waals surface area contributed by atoms with Crippen molar-refractivity contribution in [1.82, 2.24) is 15.1 Å². The predicted molar refractivity (Wildman–Crippen MR) is 123 cm³/mol. The van der Waals surface area contributed by atoms with E-state index in [0.717, 1.165) is 11.3 Å². The van der Waals surface area contributed by atoms with Crippen LogP contribution in [0.5, 0.6) is 5.75 Å². The Balaban J connectivity index is 2.40. The molecule has 1 aromatic carbocycles. The summed E-state index contributed by atoms with van der Waals surface area (Å²) in [7, 11) is 5.65. The Labute approximate surface area is 186 Å². The molecule has 31 heavy (non-hydrogen) atoms. The minimum Gasteiger partial charge on any atom is -0.488 e. The van der Waals surface area contributed by atoms with Crippen molar-refractivity contribution in [3.05, 3.63) is 23.8 Å². The van der Waals surface area contributed by atoms with Gasteiger partial charge in [-0.3, -0.25) is 4.79 Å². The lowest BCUT2D eigenvalue weighted by atomic mass is 10.0. The number of fused-ring (bicyclic) bond motifs is 1. The molecular formula is C23H38N4O4.